The zero-order chi connectivity index (χ0) is 24.6. The van der Waals surface area contributed by atoms with Crippen molar-refractivity contribution in [1.29, 1.82) is 0 Å². The van der Waals surface area contributed by atoms with E-state index in [1.54, 1.807) is 25.1 Å². The summed E-state index contributed by atoms with van der Waals surface area (Å²) in [5.41, 5.74) is 1.46. The topological polar surface area (TPSA) is 97.0 Å². The molecule has 2 heterocycles. The Morgan fingerprint density at radius 3 is 2.32 bits per heavy atom. The SMILES string of the molecule is CC(C)c1ccc(C(NC(=O)CN2C(=O)NC(C)(c3ccc4c(c3)OCO4)C2=O)C(C)C)cc1. The van der Waals surface area contributed by atoms with Crippen LogP contribution in [0.15, 0.2) is 42.5 Å². The second-order valence-corrected chi connectivity index (χ2v) is 9.63. The fraction of sp³-hybridized carbons (Fsp3) is 0.423. The number of imide groups is 1. The number of urea groups is 1. The third-order valence-corrected chi connectivity index (χ3v) is 6.47. The number of nitrogens with zero attached hydrogens (tertiary/aromatic N) is 1. The summed E-state index contributed by atoms with van der Waals surface area (Å²) in [5.74, 6) is 0.747. The molecule has 4 rings (SSSR count). The van der Waals surface area contributed by atoms with Crippen LogP contribution >= 0.6 is 0 Å². The Bertz CT molecular complexity index is 1110. The van der Waals surface area contributed by atoms with E-state index in [1.165, 1.54) is 5.56 Å². The van der Waals surface area contributed by atoms with Crippen LogP contribution in [0.3, 0.4) is 0 Å². The quantitative estimate of drug-likeness (QED) is 0.606. The number of rotatable bonds is 7. The standard InChI is InChI=1S/C26H31N3O5/c1-15(2)17-6-8-18(9-7-17)23(16(3)4)27-22(30)13-29-24(31)26(5,28-25(29)32)19-10-11-20-21(12-19)34-14-33-20/h6-12,15-16,23H,13-14H2,1-5H3,(H,27,30)(H,28,32). The summed E-state index contributed by atoms with van der Waals surface area (Å²) in [6.45, 7) is 9.67. The first-order chi connectivity index (χ1) is 16.1. The third-order valence-electron chi connectivity index (χ3n) is 6.47. The van der Waals surface area contributed by atoms with Gasteiger partial charge in [-0.2, -0.15) is 0 Å². The molecule has 1 fully saturated rings. The molecule has 8 nitrogen and oxygen atoms in total. The van der Waals surface area contributed by atoms with Gasteiger partial charge in [0.2, 0.25) is 12.7 Å². The van der Waals surface area contributed by atoms with Crippen LogP contribution in [0.2, 0.25) is 0 Å². The van der Waals surface area contributed by atoms with E-state index in [0.717, 1.165) is 10.5 Å². The van der Waals surface area contributed by atoms with Crippen molar-refractivity contribution in [2.24, 2.45) is 5.92 Å². The van der Waals surface area contributed by atoms with Crippen molar-refractivity contribution in [2.75, 3.05) is 13.3 Å². The number of hydrogen-bond acceptors (Lipinski definition) is 5. The van der Waals surface area contributed by atoms with E-state index in [2.05, 4.69) is 36.6 Å². The molecule has 8 heteroatoms. The molecule has 0 bridgehead atoms. The number of nitrogens with one attached hydrogen (secondary N) is 2. The number of carbonyl (C=O) groups is 3. The smallest absolute Gasteiger partial charge is 0.325 e. The molecule has 0 spiro atoms. The average molecular weight is 466 g/mol. The molecule has 0 aromatic heterocycles. The molecule has 2 N–H and O–H groups in total. The predicted molar refractivity (Wildman–Crippen MR) is 126 cm³/mol. The molecule has 0 radical (unpaired) electrons. The van der Waals surface area contributed by atoms with Crippen molar-refractivity contribution >= 4 is 17.8 Å². The molecule has 34 heavy (non-hydrogen) atoms. The van der Waals surface area contributed by atoms with Crippen molar-refractivity contribution in [1.82, 2.24) is 15.5 Å². The number of carbonyl (C=O) groups excluding carboxylic acids is 3. The van der Waals surface area contributed by atoms with Crippen molar-refractivity contribution in [2.45, 2.75) is 52.1 Å². The van der Waals surface area contributed by atoms with Gasteiger partial charge in [0, 0.05) is 0 Å². The molecule has 2 aromatic carbocycles. The highest BCUT2D eigenvalue weighted by Gasteiger charge is 2.50. The fourth-order valence-corrected chi connectivity index (χ4v) is 4.33. The van der Waals surface area contributed by atoms with Gasteiger partial charge in [-0.15, -0.1) is 0 Å². The minimum atomic E-state index is -1.30. The van der Waals surface area contributed by atoms with E-state index in [9.17, 15) is 14.4 Å². The van der Waals surface area contributed by atoms with E-state index < -0.39 is 23.4 Å². The summed E-state index contributed by atoms with van der Waals surface area (Å²) in [4.78, 5) is 39.8. The van der Waals surface area contributed by atoms with Gasteiger partial charge in [-0.05, 0) is 47.6 Å². The van der Waals surface area contributed by atoms with E-state index >= 15 is 0 Å². The van der Waals surface area contributed by atoms with Gasteiger partial charge in [0.05, 0.1) is 6.04 Å². The molecule has 4 amide bonds. The van der Waals surface area contributed by atoms with Gasteiger partial charge < -0.3 is 20.1 Å². The third kappa shape index (κ3) is 4.32. The maximum atomic E-state index is 13.3. The van der Waals surface area contributed by atoms with Crippen molar-refractivity contribution < 1.29 is 23.9 Å². The van der Waals surface area contributed by atoms with Gasteiger partial charge in [0.15, 0.2) is 11.5 Å². The highest BCUT2D eigenvalue weighted by molar-refractivity contribution is 6.09. The van der Waals surface area contributed by atoms with E-state index in [1.807, 2.05) is 26.0 Å². The van der Waals surface area contributed by atoms with Gasteiger partial charge >= 0.3 is 6.03 Å². The second kappa shape index (κ2) is 9.00. The maximum absolute atomic E-state index is 13.3. The highest BCUT2D eigenvalue weighted by Crippen LogP contribution is 2.37. The summed E-state index contributed by atoms with van der Waals surface area (Å²) in [7, 11) is 0. The second-order valence-electron chi connectivity index (χ2n) is 9.63. The number of ether oxygens (including phenoxy) is 2. The lowest BCUT2D eigenvalue weighted by molar-refractivity contribution is -0.135. The van der Waals surface area contributed by atoms with Crippen LogP contribution in [0, 0.1) is 5.92 Å². The van der Waals surface area contributed by atoms with E-state index in [0.29, 0.717) is 23.0 Å². The van der Waals surface area contributed by atoms with Crippen LogP contribution in [-0.4, -0.2) is 36.1 Å². The molecule has 2 aliphatic rings. The minimum absolute atomic E-state index is 0.110. The Kier molecular flexibility index (Phi) is 6.25. The molecule has 2 aromatic rings. The van der Waals surface area contributed by atoms with Crippen molar-refractivity contribution in [3.05, 3.63) is 59.2 Å². The first-order valence-corrected chi connectivity index (χ1v) is 11.5. The molecule has 2 aliphatic heterocycles. The highest BCUT2D eigenvalue weighted by atomic mass is 16.7. The van der Waals surface area contributed by atoms with Crippen LogP contribution < -0.4 is 20.1 Å². The van der Waals surface area contributed by atoms with E-state index in [4.69, 9.17) is 9.47 Å². The fourth-order valence-electron chi connectivity index (χ4n) is 4.33. The minimum Gasteiger partial charge on any atom is -0.454 e. The monoisotopic (exact) mass is 465 g/mol. The van der Waals surface area contributed by atoms with Gasteiger partial charge in [0.1, 0.15) is 12.1 Å². The van der Waals surface area contributed by atoms with Crippen molar-refractivity contribution in [3.8, 4) is 11.5 Å². The van der Waals surface area contributed by atoms with Gasteiger partial charge in [-0.25, -0.2) is 4.79 Å². The lowest BCUT2D eigenvalue weighted by atomic mass is 9.91. The van der Waals surface area contributed by atoms with E-state index in [-0.39, 0.29) is 25.3 Å². The Morgan fingerprint density at radius 1 is 1.03 bits per heavy atom. The number of benzene rings is 2. The Labute approximate surface area is 199 Å². The normalized spacial score (nSPS) is 20.1. The average Bonchev–Trinajstić information content (AvgIpc) is 3.35. The molecular formula is C26H31N3O5. The number of fused-ring (bicyclic) bond motifs is 1. The molecule has 180 valence electrons. The van der Waals surface area contributed by atoms with Crippen LogP contribution in [-0.2, 0) is 15.1 Å². The van der Waals surface area contributed by atoms with Gasteiger partial charge in [-0.1, -0.05) is 58.0 Å². The summed E-state index contributed by atoms with van der Waals surface area (Å²) < 4.78 is 10.7. The molecular weight excluding hydrogens is 434 g/mol. The molecule has 2 unspecified atom stereocenters. The lowest BCUT2D eigenvalue weighted by Gasteiger charge is -2.25. The largest absolute Gasteiger partial charge is 0.454 e. The predicted octanol–water partition coefficient (Wildman–Crippen LogP) is 3.82. The van der Waals surface area contributed by atoms with Crippen LogP contribution in [0.4, 0.5) is 4.79 Å². The number of amides is 4. The lowest BCUT2D eigenvalue weighted by Crippen LogP contribution is -2.44. The zero-order valence-corrected chi connectivity index (χ0v) is 20.2. The molecule has 0 aliphatic carbocycles. The Hall–Kier alpha value is -3.55. The van der Waals surface area contributed by atoms with Crippen molar-refractivity contribution in [3.63, 3.8) is 0 Å². The summed E-state index contributed by atoms with van der Waals surface area (Å²) >= 11 is 0. The summed E-state index contributed by atoms with van der Waals surface area (Å²) in [6.07, 6.45) is 0. The summed E-state index contributed by atoms with van der Waals surface area (Å²) in [5, 5.41) is 5.73. The first kappa shape index (κ1) is 23.6. The van der Waals surface area contributed by atoms with Crippen LogP contribution in [0.1, 0.15) is 63.3 Å². The maximum Gasteiger partial charge on any atom is 0.325 e. The number of hydrogen-bond donors (Lipinski definition) is 2. The Balaban J connectivity index is 1.47. The summed E-state index contributed by atoms with van der Waals surface area (Å²) in [6, 6.07) is 12.4. The zero-order valence-electron chi connectivity index (χ0n) is 20.2. The van der Waals surface area contributed by atoms with Gasteiger partial charge in [-0.3, -0.25) is 14.5 Å². The Morgan fingerprint density at radius 2 is 1.68 bits per heavy atom. The molecule has 0 saturated carbocycles. The van der Waals surface area contributed by atoms with Crippen LogP contribution in [0.25, 0.3) is 0 Å². The first-order valence-electron chi connectivity index (χ1n) is 11.5. The molecule has 2 atom stereocenters. The molecule has 1 saturated heterocycles. The van der Waals surface area contributed by atoms with Crippen LogP contribution in [0.5, 0.6) is 11.5 Å². The van der Waals surface area contributed by atoms with Gasteiger partial charge in [0.25, 0.3) is 5.91 Å².